The zero-order chi connectivity index (χ0) is 14.1. The van der Waals surface area contributed by atoms with E-state index in [0.717, 1.165) is 18.3 Å². The minimum absolute atomic E-state index is 0.134. The van der Waals surface area contributed by atoms with E-state index in [-0.39, 0.29) is 6.04 Å². The zero-order valence-corrected chi connectivity index (χ0v) is 12.0. The summed E-state index contributed by atoms with van der Waals surface area (Å²) in [5.74, 6) is 1.72. The third-order valence-electron chi connectivity index (χ3n) is 2.68. The Hall–Kier alpha value is -1.75. The fraction of sp³-hybridized carbons (Fsp3) is 0.500. The van der Waals surface area contributed by atoms with Gasteiger partial charge in [-0.2, -0.15) is 0 Å². The third-order valence-corrected chi connectivity index (χ3v) is 2.68. The second-order valence-electron chi connectivity index (χ2n) is 4.38. The van der Waals surface area contributed by atoms with Crippen molar-refractivity contribution in [2.24, 2.45) is 4.99 Å². The lowest BCUT2D eigenvalue weighted by Crippen LogP contribution is -2.38. The molecule has 0 spiro atoms. The van der Waals surface area contributed by atoms with Gasteiger partial charge in [0.1, 0.15) is 5.76 Å². The molecule has 0 bridgehead atoms. The molecule has 0 aliphatic rings. The summed E-state index contributed by atoms with van der Waals surface area (Å²) in [5, 5.41) is 6.38. The summed E-state index contributed by atoms with van der Waals surface area (Å²) in [7, 11) is 4.04. The summed E-state index contributed by atoms with van der Waals surface area (Å²) in [5.41, 5.74) is 0. The third kappa shape index (κ3) is 5.18. The molecule has 0 fully saturated rings. The Kier molecular flexibility index (Phi) is 6.74. The van der Waals surface area contributed by atoms with E-state index in [2.05, 4.69) is 27.1 Å². The van der Waals surface area contributed by atoms with Gasteiger partial charge in [0.25, 0.3) is 0 Å². The highest BCUT2D eigenvalue weighted by Crippen LogP contribution is 2.18. The van der Waals surface area contributed by atoms with Gasteiger partial charge in [-0.05, 0) is 33.2 Å². The predicted molar refractivity (Wildman–Crippen MR) is 79.3 cm³/mol. The van der Waals surface area contributed by atoms with Gasteiger partial charge in [0.15, 0.2) is 5.96 Å². The lowest BCUT2D eigenvalue weighted by atomic mass is 10.2. The van der Waals surface area contributed by atoms with Crippen LogP contribution in [0.25, 0.3) is 0 Å². The normalized spacial score (nSPS) is 13.4. The molecule has 0 amide bonds. The molecule has 1 heterocycles. The maximum absolute atomic E-state index is 5.46. The van der Waals surface area contributed by atoms with Crippen molar-refractivity contribution >= 4 is 5.96 Å². The highest BCUT2D eigenvalue weighted by atomic mass is 16.3. The smallest absolute Gasteiger partial charge is 0.191 e. The van der Waals surface area contributed by atoms with Crippen molar-refractivity contribution in [1.29, 1.82) is 0 Å². The largest absolute Gasteiger partial charge is 0.468 e. The van der Waals surface area contributed by atoms with Gasteiger partial charge in [0.05, 0.1) is 18.8 Å². The van der Waals surface area contributed by atoms with Crippen LogP contribution in [-0.2, 0) is 0 Å². The van der Waals surface area contributed by atoms with Crippen LogP contribution in [0.3, 0.4) is 0 Å². The first kappa shape index (κ1) is 15.3. The van der Waals surface area contributed by atoms with Gasteiger partial charge in [-0.1, -0.05) is 6.08 Å². The number of furan rings is 1. The van der Waals surface area contributed by atoms with Gasteiger partial charge < -0.3 is 15.1 Å². The zero-order valence-electron chi connectivity index (χ0n) is 12.0. The standard InChI is InChI=1S/C14H24N4O/c1-5-9-16-14(15-6-2)17-11-12(18(3)4)13-8-7-10-19-13/h5,7-8,10,12H,1,6,9,11H2,2-4H3,(H2,15,16,17). The number of guanidine groups is 1. The molecule has 0 aliphatic carbocycles. The molecular formula is C14H24N4O. The monoisotopic (exact) mass is 264 g/mol. The van der Waals surface area contributed by atoms with Gasteiger partial charge in [-0.15, -0.1) is 6.58 Å². The molecule has 5 nitrogen and oxygen atoms in total. The van der Waals surface area contributed by atoms with Crippen molar-refractivity contribution in [3.8, 4) is 0 Å². The van der Waals surface area contributed by atoms with E-state index in [4.69, 9.17) is 4.42 Å². The highest BCUT2D eigenvalue weighted by Gasteiger charge is 2.16. The number of nitrogens with one attached hydrogen (secondary N) is 2. The summed E-state index contributed by atoms with van der Waals surface area (Å²) in [6, 6.07) is 4.01. The van der Waals surface area contributed by atoms with Crippen LogP contribution in [0.5, 0.6) is 0 Å². The van der Waals surface area contributed by atoms with Gasteiger partial charge >= 0.3 is 0 Å². The summed E-state index contributed by atoms with van der Waals surface area (Å²) >= 11 is 0. The SMILES string of the molecule is C=CCNC(=NCC(c1ccco1)N(C)C)NCC. The second-order valence-corrected chi connectivity index (χ2v) is 4.38. The van der Waals surface area contributed by atoms with E-state index in [0.29, 0.717) is 13.1 Å². The first-order valence-corrected chi connectivity index (χ1v) is 6.52. The van der Waals surface area contributed by atoms with Crippen molar-refractivity contribution < 1.29 is 4.42 Å². The number of hydrogen-bond acceptors (Lipinski definition) is 3. The van der Waals surface area contributed by atoms with Crippen molar-refractivity contribution in [1.82, 2.24) is 15.5 Å². The fourth-order valence-corrected chi connectivity index (χ4v) is 1.68. The van der Waals surface area contributed by atoms with Crippen LogP contribution < -0.4 is 10.6 Å². The molecule has 19 heavy (non-hydrogen) atoms. The molecule has 0 saturated carbocycles. The van der Waals surface area contributed by atoms with Crippen molar-refractivity contribution in [2.75, 3.05) is 33.7 Å². The van der Waals surface area contributed by atoms with Gasteiger partial charge in [0, 0.05) is 13.1 Å². The Labute approximate surface area is 115 Å². The van der Waals surface area contributed by atoms with Crippen LogP contribution in [0, 0.1) is 0 Å². The Balaban J connectivity index is 2.68. The molecule has 2 N–H and O–H groups in total. The molecule has 1 aromatic rings. The number of rotatable bonds is 7. The minimum Gasteiger partial charge on any atom is -0.468 e. The van der Waals surface area contributed by atoms with E-state index in [9.17, 15) is 0 Å². The first-order valence-electron chi connectivity index (χ1n) is 6.52. The number of hydrogen-bond donors (Lipinski definition) is 2. The molecule has 0 aliphatic heterocycles. The molecule has 5 heteroatoms. The molecule has 1 unspecified atom stereocenters. The predicted octanol–water partition coefficient (Wildman–Crippen LogP) is 1.62. The Morgan fingerprint density at radius 3 is 2.84 bits per heavy atom. The molecule has 0 radical (unpaired) electrons. The van der Waals surface area contributed by atoms with Crippen molar-refractivity contribution in [3.63, 3.8) is 0 Å². The van der Waals surface area contributed by atoms with E-state index < -0.39 is 0 Å². The minimum atomic E-state index is 0.134. The van der Waals surface area contributed by atoms with Crippen LogP contribution in [0.15, 0.2) is 40.5 Å². The number of likely N-dealkylation sites (N-methyl/N-ethyl adjacent to an activating group) is 1. The molecule has 0 aromatic carbocycles. The van der Waals surface area contributed by atoms with Gasteiger partial charge in [-0.3, -0.25) is 9.89 Å². The maximum atomic E-state index is 5.46. The van der Waals surface area contributed by atoms with Crippen LogP contribution in [0.2, 0.25) is 0 Å². The Morgan fingerprint density at radius 2 is 2.32 bits per heavy atom. The first-order chi connectivity index (χ1) is 9.19. The number of nitrogens with zero attached hydrogens (tertiary/aromatic N) is 2. The van der Waals surface area contributed by atoms with E-state index in [1.165, 1.54) is 0 Å². The van der Waals surface area contributed by atoms with E-state index >= 15 is 0 Å². The lowest BCUT2D eigenvalue weighted by Gasteiger charge is -2.21. The molecule has 1 atom stereocenters. The lowest BCUT2D eigenvalue weighted by molar-refractivity contribution is 0.265. The summed E-state index contributed by atoms with van der Waals surface area (Å²) < 4.78 is 5.46. The maximum Gasteiger partial charge on any atom is 0.191 e. The summed E-state index contributed by atoms with van der Waals surface area (Å²) in [4.78, 5) is 6.67. The number of aliphatic imine (C=N–C) groups is 1. The molecule has 0 saturated heterocycles. The topological polar surface area (TPSA) is 52.8 Å². The van der Waals surface area contributed by atoms with Crippen molar-refractivity contribution in [2.45, 2.75) is 13.0 Å². The average Bonchev–Trinajstić information content (AvgIpc) is 2.89. The van der Waals surface area contributed by atoms with Crippen molar-refractivity contribution in [3.05, 3.63) is 36.8 Å². The van der Waals surface area contributed by atoms with E-state index in [1.54, 1.807) is 6.26 Å². The fourth-order valence-electron chi connectivity index (χ4n) is 1.68. The molecule has 1 rings (SSSR count). The van der Waals surface area contributed by atoms with Crippen LogP contribution >= 0.6 is 0 Å². The summed E-state index contributed by atoms with van der Waals surface area (Å²) in [6.45, 7) is 7.89. The van der Waals surface area contributed by atoms with Gasteiger partial charge in [0.2, 0.25) is 0 Å². The highest BCUT2D eigenvalue weighted by molar-refractivity contribution is 5.79. The van der Waals surface area contributed by atoms with Crippen LogP contribution in [0.1, 0.15) is 18.7 Å². The second kappa shape index (κ2) is 8.37. The summed E-state index contributed by atoms with van der Waals surface area (Å²) in [6.07, 6.45) is 3.50. The van der Waals surface area contributed by atoms with Crippen LogP contribution in [-0.4, -0.2) is 44.6 Å². The van der Waals surface area contributed by atoms with Crippen LogP contribution in [0.4, 0.5) is 0 Å². The Bertz CT molecular complexity index is 384. The van der Waals surface area contributed by atoms with Gasteiger partial charge in [-0.25, -0.2) is 0 Å². The quantitative estimate of drug-likeness (QED) is 0.446. The average molecular weight is 264 g/mol. The molecule has 106 valence electrons. The molecular weight excluding hydrogens is 240 g/mol. The Morgan fingerprint density at radius 1 is 1.53 bits per heavy atom. The molecule has 1 aromatic heterocycles. The van der Waals surface area contributed by atoms with E-state index in [1.807, 2.05) is 39.2 Å².